The van der Waals surface area contributed by atoms with Gasteiger partial charge in [0.25, 0.3) is 0 Å². The standard InChI is InChI=1S/C14H9N2S/c1-3-7-11(8-4-1)13-15-14(17-16-13)12-9-5-2-6-10-12/h1,3-10H. The quantitative estimate of drug-likeness (QED) is 0.679. The number of nitrogens with zero attached hydrogens (tertiary/aromatic N) is 2. The van der Waals surface area contributed by atoms with Crippen LogP contribution in [0.1, 0.15) is 0 Å². The molecule has 0 amide bonds. The van der Waals surface area contributed by atoms with Crippen molar-refractivity contribution in [3.05, 3.63) is 60.7 Å². The summed E-state index contributed by atoms with van der Waals surface area (Å²) in [5.74, 6) is 0.790. The third kappa shape index (κ3) is 2.10. The highest BCUT2D eigenvalue weighted by Gasteiger charge is 2.07. The Balaban J connectivity index is 1.99. The van der Waals surface area contributed by atoms with E-state index < -0.39 is 0 Å². The molecule has 17 heavy (non-hydrogen) atoms. The lowest BCUT2D eigenvalue weighted by atomic mass is 10.2. The molecule has 2 aromatic carbocycles. The lowest BCUT2D eigenvalue weighted by molar-refractivity contribution is 1.32. The van der Waals surface area contributed by atoms with Gasteiger partial charge >= 0.3 is 0 Å². The number of rotatable bonds is 2. The monoisotopic (exact) mass is 237 g/mol. The van der Waals surface area contributed by atoms with Crippen molar-refractivity contribution in [3.63, 3.8) is 0 Å². The zero-order chi connectivity index (χ0) is 11.5. The van der Waals surface area contributed by atoms with Crippen molar-refractivity contribution in [2.75, 3.05) is 0 Å². The van der Waals surface area contributed by atoms with Crippen molar-refractivity contribution in [1.29, 1.82) is 0 Å². The highest BCUT2D eigenvalue weighted by molar-refractivity contribution is 7.09. The molecule has 0 aliphatic rings. The molecule has 3 aromatic rings. The predicted octanol–water partition coefficient (Wildman–Crippen LogP) is 3.67. The molecule has 0 saturated heterocycles. The van der Waals surface area contributed by atoms with Gasteiger partial charge in [-0.25, -0.2) is 4.98 Å². The lowest BCUT2D eigenvalue weighted by Crippen LogP contribution is -1.80. The second-order valence-electron chi connectivity index (χ2n) is 3.58. The normalized spacial score (nSPS) is 10.4. The van der Waals surface area contributed by atoms with Gasteiger partial charge in [0.1, 0.15) is 5.01 Å². The zero-order valence-electron chi connectivity index (χ0n) is 9.00. The average molecular weight is 237 g/mol. The molecule has 0 fully saturated rings. The molecule has 3 heteroatoms. The van der Waals surface area contributed by atoms with Crippen LogP contribution >= 0.6 is 11.5 Å². The minimum atomic E-state index is 0.790. The SMILES string of the molecule is [c]1ccc(-c2nc(-c3ccccc3)ns2)cc1. The first-order valence-electron chi connectivity index (χ1n) is 5.29. The molecule has 0 aliphatic heterocycles. The third-order valence-corrected chi connectivity index (χ3v) is 3.19. The van der Waals surface area contributed by atoms with Crippen molar-refractivity contribution in [1.82, 2.24) is 9.36 Å². The zero-order valence-corrected chi connectivity index (χ0v) is 9.82. The van der Waals surface area contributed by atoms with Gasteiger partial charge in [-0.1, -0.05) is 54.6 Å². The Bertz CT molecular complexity index is 548. The van der Waals surface area contributed by atoms with E-state index in [-0.39, 0.29) is 0 Å². The largest absolute Gasteiger partial charge is 0.215 e. The summed E-state index contributed by atoms with van der Waals surface area (Å²) >= 11 is 1.42. The molecule has 0 saturated carbocycles. The van der Waals surface area contributed by atoms with Gasteiger partial charge in [-0.05, 0) is 17.6 Å². The Hall–Kier alpha value is -2.00. The van der Waals surface area contributed by atoms with Gasteiger partial charge < -0.3 is 0 Å². The second-order valence-corrected chi connectivity index (χ2v) is 4.33. The van der Waals surface area contributed by atoms with Crippen LogP contribution in [0.25, 0.3) is 22.0 Å². The van der Waals surface area contributed by atoms with Crippen LogP contribution in [-0.2, 0) is 0 Å². The fourth-order valence-electron chi connectivity index (χ4n) is 1.57. The van der Waals surface area contributed by atoms with E-state index in [0.717, 1.165) is 22.0 Å². The van der Waals surface area contributed by atoms with Crippen LogP contribution in [0.4, 0.5) is 0 Å². The van der Waals surface area contributed by atoms with E-state index in [1.807, 2.05) is 54.6 Å². The number of hydrogen-bond acceptors (Lipinski definition) is 3. The highest BCUT2D eigenvalue weighted by Crippen LogP contribution is 2.25. The Morgan fingerprint density at radius 3 is 2.41 bits per heavy atom. The summed E-state index contributed by atoms with van der Waals surface area (Å²) in [6, 6.07) is 20.8. The van der Waals surface area contributed by atoms with Crippen molar-refractivity contribution < 1.29 is 0 Å². The molecule has 81 valence electrons. The Kier molecular flexibility index (Phi) is 2.68. The average Bonchev–Trinajstić information content (AvgIpc) is 2.90. The molecule has 1 heterocycles. The van der Waals surface area contributed by atoms with Gasteiger partial charge in [0.05, 0.1) is 0 Å². The van der Waals surface area contributed by atoms with E-state index in [0.29, 0.717) is 0 Å². The van der Waals surface area contributed by atoms with Gasteiger partial charge in [-0.3, -0.25) is 0 Å². The fourth-order valence-corrected chi connectivity index (χ4v) is 2.26. The van der Waals surface area contributed by atoms with Gasteiger partial charge in [0.2, 0.25) is 0 Å². The lowest BCUT2D eigenvalue weighted by Gasteiger charge is -1.93. The van der Waals surface area contributed by atoms with E-state index in [2.05, 4.69) is 15.4 Å². The Labute approximate surface area is 104 Å². The van der Waals surface area contributed by atoms with Gasteiger partial charge in [0, 0.05) is 11.1 Å². The maximum Gasteiger partial charge on any atom is 0.173 e. The van der Waals surface area contributed by atoms with E-state index in [1.165, 1.54) is 11.5 Å². The summed E-state index contributed by atoms with van der Waals surface area (Å²) in [7, 11) is 0. The first-order chi connectivity index (χ1) is 8.43. The molecule has 0 spiro atoms. The van der Waals surface area contributed by atoms with Crippen LogP contribution in [0.2, 0.25) is 0 Å². The summed E-state index contributed by atoms with van der Waals surface area (Å²) < 4.78 is 4.38. The topological polar surface area (TPSA) is 25.8 Å². The number of hydrogen-bond donors (Lipinski definition) is 0. The first-order valence-corrected chi connectivity index (χ1v) is 6.06. The van der Waals surface area contributed by atoms with Gasteiger partial charge in [-0.15, -0.1) is 0 Å². The van der Waals surface area contributed by atoms with Crippen LogP contribution in [-0.4, -0.2) is 9.36 Å². The predicted molar refractivity (Wildman–Crippen MR) is 69.6 cm³/mol. The molecular weight excluding hydrogens is 228 g/mol. The maximum atomic E-state index is 4.54. The molecule has 0 aliphatic carbocycles. The summed E-state index contributed by atoms with van der Waals surface area (Å²) in [6.45, 7) is 0. The van der Waals surface area contributed by atoms with Gasteiger partial charge in [0.15, 0.2) is 5.82 Å². The fraction of sp³-hybridized carbons (Fsp3) is 0. The molecule has 0 N–H and O–H groups in total. The maximum absolute atomic E-state index is 4.54. The molecular formula is C14H9N2S. The van der Waals surface area contributed by atoms with Crippen LogP contribution in [0.3, 0.4) is 0 Å². The molecule has 3 rings (SSSR count). The van der Waals surface area contributed by atoms with Crippen LogP contribution in [0.15, 0.2) is 54.6 Å². The van der Waals surface area contributed by atoms with E-state index in [1.54, 1.807) is 0 Å². The minimum Gasteiger partial charge on any atom is -0.215 e. The highest BCUT2D eigenvalue weighted by atomic mass is 32.1. The van der Waals surface area contributed by atoms with Crippen LogP contribution in [0, 0.1) is 6.07 Å². The summed E-state index contributed by atoms with van der Waals surface area (Å²) in [5, 5.41) is 0.942. The summed E-state index contributed by atoms with van der Waals surface area (Å²) in [4.78, 5) is 4.54. The molecule has 0 bridgehead atoms. The van der Waals surface area contributed by atoms with E-state index >= 15 is 0 Å². The second kappa shape index (κ2) is 4.47. The summed E-state index contributed by atoms with van der Waals surface area (Å²) in [6.07, 6.45) is 0. The number of benzene rings is 2. The molecule has 1 radical (unpaired) electrons. The smallest absolute Gasteiger partial charge is 0.173 e. The number of aromatic nitrogens is 2. The van der Waals surface area contributed by atoms with E-state index in [9.17, 15) is 0 Å². The summed E-state index contributed by atoms with van der Waals surface area (Å²) in [5.41, 5.74) is 2.14. The van der Waals surface area contributed by atoms with Crippen LogP contribution in [0.5, 0.6) is 0 Å². The molecule has 0 atom stereocenters. The molecule has 2 nitrogen and oxygen atoms in total. The third-order valence-electron chi connectivity index (χ3n) is 2.42. The molecule has 1 aromatic heterocycles. The van der Waals surface area contributed by atoms with Crippen molar-refractivity contribution in [2.45, 2.75) is 0 Å². The Morgan fingerprint density at radius 1 is 0.882 bits per heavy atom. The molecule has 0 unspecified atom stereocenters. The van der Waals surface area contributed by atoms with Crippen molar-refractivity contribution in [3.8, 4) is 22.0 Å². The van der Waals surface area contributed by atoms with Gasteiger partial charge in [-0.2, -0.15) is 4.37 Å². The van der Waals surface area contributed by atoms with Crippen LogP contribution < -0.4 is 0 Å². The minimum absolute atomic E-state index is 0.790. The Morgan fingerprint density at radius 2 is 1.65 bits per heavy atom. The van der Waals surface area contributed by atoms with Crippen molar-refractivity contribution in [2.24, 2.45) is 0 Å². The van der Waals surface area contributed by atoms with E-state index in [4.69, 9.17) is 0 Å². The first kappa shape index (κ1) is 10.2. The van der Waals surface area contributed by atoms with Crippen molar-refractivity contribution >= 4 is 11.5 Å².